The number of rotatable bonds is 5. The zero-order valence-electron chi connectivity index (χ0n) is 12.1. The molecule has 2 rings (SSSR count). The Morgan fingerprint density at radius 2 is 1.65 bits per heavy atom. The number of carboxylic acid groups (broad SMARTS) is 1. The van der Waals surface area contributed by atoms with Gasteiger partial charge in [0.05, 0.1) is 12.5 Å². The Morgan fingerprint density at radius 1 is 0.950 bits per heavy atom. The number of hydrogen-bond donors (Lipinski definition) is 3. The summed E-state index contributed by atoms with van der Waals surface area (Å²) in [5.41, 5.74) is 0. The lowest BCUT2D eigenvalue weighted by Gasteiger charge is -2.28. The second-order valence-electron chi connectivity index (χ2n) is 6.18. The number of aliphatic carboxylic acids is 1. The van der Waals surface area contributed by atoms with Crippen molar-refractivity contribution in [1.29, 1.82) is 0 Å². The molecule has 5 nitrogen and oxygen atoms in total. The molecule has 0 aromatic heterocycles. The summed E-state index contributed by atoms with van der Waals surface area (Å²) < 4.78 is 0. The third kappa shape index (κ3) is 4.78. The Balaban J connectivity index is 1.66. The lowest BCUT2D eigenvalue weighted by atomic mass is 9.86. The van der Waals surface area contributed by atoms with Crippen molar-refractivity contribution in [3.8, 4) is 0 Å². The predicted octanol–water partition coefficient (Wildman–Crippen LogP) is 1.67. The lowest BCUT2D eigenvalue weighted by molar-refractivity contribution is -0.143. The maximum absolute atomic E-state index is 11.9. The van der Waals surface area contributed by atoms with Gasteiger partial charge in [-0.1, -0.05) is 25.7 Å². The summed E-state index contributed by atoms with van der Waals surface area (Å²) >= 11 is 0. The van der Waals surface area contributed by atoms with Gasteiger partial charge in [0.1, 0.15) is 0 Å². The Morgan fingerprint density at radius 3 is 2.35 bits per heavy atom. The van der Waals surface area contributed by atoms with Gasteiger partial charge in [0.2, 0.25) is 5.91 Å². The van der Waals surface area contributed by atoms with Crippen molar-refractivity contribution in [3.05, 3.63) is 0 Å². The Kier molecular flexibility index (Phi) is 5.83. The van der Waals surface area contributed by atoms with Gasteiger partial charge in [-0.05, 0) is 32.1 Å². The van der Waals surface area contributed by atoms with E-state index in [4.69, 9.17) is 5.11 Å². The fourth-order valence-electron chi connectivity index (χ4n) is 3.36. The maximum Gasteiger partial charge on any atom is 0.306 e. The van der Waals surface area contributed by atoms with E-state index in [2.05, 4.69) is 10.6 Å². The molecule has 0 bridgehead atoms. The maximum atomic E-state index is 11.9. The minimum absolute atomic E-state index is 0.0503. The van der Waals surface area contributed by atoms with E-state index in [1.54, 1.807) is 0 Å². The molecule has 0 spiro atoms. The molecule has 114 valence electrons. The summed E-state index contributed by atoms with van der Waals surface area (Å²) in [5, 5.41) is 15.3. The number of nitrogens with one attached hydrogen (secondary N) is 2. The van der Waals surface area contributed by atoms with Crippen LogP contribution < -0.4 is 10.6 Å². The zero-order chi connectivity index (χ0) is 14.4. The van der Waals surface area contributed by atoms with Crippen LogP contribution in [0, 0.1) is 5.92 Å². The van der Waals surface area contributed by atoms with E-state index in [9.17, 15) is 9.59 Å². The van der Waals surface area contributed by atoms with Gasteiger partial charge >= 0.3 is 5.97 Å². The molecule has 0 saturated heterocycles. The van der Waals surface area contributed by atoms with Crippen LogP contribution in [0.3, 0.4) is 0 Å². The van der Waals surface area contributed by atoms with Crippen molar-refractivity contribution in [2.75, 3.05) is 6.54 Å². The molecule has 0 aromatic rings. The minimum Gasteiger partial charge on any atom is -0.481 e. The molecule has 20 heavy (non-hydrogen) atoms. The molecule has 2 saturated carbocycles. The monoisotopic (exact) mass is 282 g/mol. The van der Waals surface area contributed by atoms with Gasteiger partial charge in [-0.3, -0.25) is 9.59 Å². The third-order valence-electron chi connectivity index (χ3n) is 4.55. The topological polar surface area (TPSA) is 78.4 Å². The highest BCUT2D eigenvalue weighted by Gasteiger charge is 2.27. The van der Waals surface area contributed by atoms with Crippen molar-refractivity contribution in [2.24, 2.45) is 5.92 Å². The van der Waals surface area contributed by atoms with Crippen LogP contribution >= 0.6 is 0 Å². The summed E-state index contributed by atoms with van der Waals surface area (Å²) in [6.07, 6.45) is 9.20. The van der Waals surface area contributed by atoms with Crippen LogP contribution in [0.1, 0.15) is 57.8 Å². The van der Waals surface area contributed by atoms with Gasteiger partial charge in [-0.15, -0.1) is 0 Å². The van der Waals surface area contributed by atoms with Crippen LogP contribution in [0.15, 0.2) is 0 Å². The minimum atomic E-state index is -0.705. The number of carbonyl (C=O) groups excluding carboxylic acids is 1. The number of carbonyl (C=O) groups is 2. The summed E-state index contributed by atoms with van der Waals surface area (Å²) in [6.45, 7) is 0.313. The normalized spacial score (nSPS) is 28.0. The summed E-state index contributed by atoms with van der Waals surface area (Å²) in [5.74, 6) is -0.903. The van der Waals surface area contributed by atoms with Crippen LogP contribution in [0.4, 0.5) is 0 Å². The van der Waals surface area contributed by atoms with Crippen molar-refractivity contribution in [2.45, 2.75) is 69.9 Å². The van der Waals surface area contributed by atoms with Gasteiger partial charge in [0.25, 0.3) is 0 Å². The quantitative estimate of drug-likeness (QED) is 0.716. The summed E-state index contributed by atoms with van der Waals surface area (Å²) in [4.78, 5) is 22.9. The van der Waals surface area contributed by atoms with E-state index in [0.29, 0.717) is 19.0 Å². The van der Waals surface area contributed by atoms with E-state index in [0.717, 1.165) is 32.1 Å². The first-order valence-electron chi connectivity index (χ1n) is 7.90. The van der Waals surface area contributed by atoms with Gasteiger partial charge in [-0.25, -0.2) is 0 Å². The molecule has 3 N–H and O–H groups in total. The molecule has 2 unspecified atom stereocenters. The zero-order valence-corrected chi connectivity index (χ0v) is 12.1. The molecular weight excluding hydrogens is 256 g/mol. The van der Waals surface area contributed by atoms with Crippen LogP contribution in [0.25, 0.3) is 0 Å². The average molecular weight is 282 g/mol. The molecule has 0 heterocycles. The Bertz CT molecular complexity index is 340. The van der Waals surface area contributed by atoms with Gasteiger partial charge in [-0.2, -0.15) is 0 Å². The average Bonchev–Trinajstić information content (AvgIpc) is 2.46. The fraction of sp³-hybridized carbons (Fsp3) is 0.867. The first-order valence-corrected chi connectivity index (χ1v) is 7.90. The fourth-order valence-corrected chi connectivity index (χ4v) is 3.36. The van der Waals surface area contributed by atoms with E-state index >= 15 is 0 Å². The molecule has 0 radical (unpaired) electrons. The van der Waals surface area contributed by atoms with Crippen LogP contribution in [0.5, 0.6) is 0 Å². The molecule has 2 fully saturated rings. The highest BCUT2D eigenvalue weighted by atomic mass is 16.4. The van der Waals surface area contributed by atoms with E-state index < -0.39 is 5.97 Å². The van der Waals surface area contributed by atoms with Crippen molar-refractivity contribution in [1.82, 2.24) is 10.6 Å². The largest absolute Gasteiger partial charge is 0.481 e. The van der Waals surface area contributed by atoms with E-state index in [1.807, 2.05) is 0 Å². The number of amides is 1. The molecule has 0 aliphatic heterocycles. The van der Waals surface area contributed by atoms with Crippen molar-refractivity contribution < 1.29 is 14.7 Å². The molecule has 5 heteroatoms. The van der Waals surface area contributed by atoms with E-state index in [-0.39, 0.29) is 17.9 Å². The van der Waals surface area contributed by atoms with E-state index in [1.165, 1.54) is 19.3 Å². The molecule has 1 amide bonds. The second kappa shape index (κ2) is 7.62. The standard InChI is InChI=1S/C15H26N2O3/c18-14(17-12-6-2-1-3-7-12)10-16-13-8-4-5-11(9-13)15(19)20/h11-13,16H,1-10H2,(H,17,18)(H,19,20). The summed E-state index contributed by atoms with van der Waals surface area (Å²) in [7, 11) is 0. The Labute approximate surface area is 120 Å². The second-order valence-corrected chi connectivity index (χ2v) is 6.18. The van der Waals surface area contributed by atoms with Gasteiger partial charge < -0.3 is 15.7 Å². The molecule has 2 aliphatic rings. The first-order chi connectivity index (χ1) is 9.65. The predicted molar refractivity (Wildman–Crippen MR) is 76.4 cm³/mol. The van der Waals surface area contributed by atoms with Crippen LogP contribution in [0.2, 0.25) is 0 Å². The first kappa shape index (κ1) is 15.3. The molecule has 0 aromatic carbocycles. The smallest absolute Gasteiger partial charge is 0.306 e. The summed E-state index contributed by atoms with van der Waals surface area (Å²) in [6, 6.07) is 0.512. The van der Waals surface area contributed by atoms with Gasteiger partial charge in [0, 0.05) is 12.1 Å². The molecule has 2 atom stereocenters. The van der Waals surface area contributed by atoms with Crippen LogP contribution in [-0.2, 0) is 9.59 Å². The third-order valence-corrected chi connectivity index (χ3v) is 4.55. The highest BCUT2D eigenvalue weighted by molar-refractivity contribution is 5.78. The lowest BCUT2D eigenvalue weighted by Crippen LogP contribution is -2.45. The Hall–Kier alpha value is -1.10. The van der Waals surface area contributed by atoms with Crippen molar-refractivity contribution >= 4 is 11.9 Å². The highest BCUT2D eigenvalue weighted by Crippen LogP contribution is 2.24. The SMILES string of the molecule is O=C(CNC1CCCC(C(=O)O)C1)NC1CCCCC1. The van der Waals surface area contributed by atoms with Crippen LogP contribution in [-0.4, -0.2) is 35.6 Å². The molecular formula is C15H26N2O3. The molecule has 2 aliphatic carbocycles. The van der Waals surface area contributed by atoms with Gasteiger partial charge in [0.15, 0.2) is 0 Å². The number of hydrogen-bond acceptors (Lipinski definition) is 3. The van der Waals surface area contributed by atoms with Crippen molar-refractivity contribution in [3.63, 3.8) is 0 Å². The number of carboxylic acids is 1.